The van der Waals surface area contributed by atoms with Gasteiger partial charge in [-0.1, -0.05) is 19.1 Å². The van der Waals surface area contributed by atoms with Crippen molar-refractivity contribution in [2.24, 2.45) is 0 Å². The van der Waals surface area contributed by atoms with Crippen LogP contribution in [-0.2, 0) is 0 Å². The van der Waals surface area contributed by atoms with Gasteiger partial charge in [0.2, 0.25) is 0 Å². The van der Waals surface area contributed by atoms with E-state index in [1.165, 1.54) is 12.1 Å². The first-order valence-corrected chi connectivity index (χ1v) is 5.39. The van der Waals surface area contributed by atoms with Crippen LogP contribution in [0.25, 0.3) is 0 Å². The minimum atomic E-state index is -0.957. The molecule has 0 aliphatic rings. The molecule has 0 fully saturated rings. The lowest BCUT2D eigenvalue weighted by Gasteiger charge is -2.13. The van der Waals surface area contributed by atoms with E-state index in [1.54, 1.807) is 6.92 Å². The zero-order valence-electron chi connectivity index (χ0n) is 9.55. The van der Waals surface area contributed by atoms with Crippen LogP contribution in [0.3, 0.4) is 0 Å². The van der Waals surface area contributed by atoms with E-state index in [0.29, 0.717) is 11.1 Å². The van der Waals surface area contributed by atoms with Gasteiger partial charge in [0.1, 0.15) is 0 Å². The van der Waals surface area contributed by atoms with Gasteiger partial charge in [0.25, 0.3) is 0 Å². The van der Waals surface area contributed by atoms with Gasteiger partial charge in [0.05, 0.1) is 0 Å². The minimum absolute atomic E-state index is 0.352. The Labute approximate surface area is 102 Å². The molecule has 0 aliphatic carbocycles. The van der Waals surface area contributed by atoms with Gasteiger partial charge in [-0.2, -0.15) is 0 Å². The van der Waals surface area contributed by atoms with Crippen molar-refractivity contribution in [2.75, 3.05) is 0 Å². The van der Waals surface area contributed by atoms with E-state index >= 15 is 0 Å². The number of benzene rings is 2. The van der Waals surface area contributed by atoms with E-state index in [4.69, 9.17) is 0 Å². The highest BCUT2D eigenvalue weighted by atomic mass is 19.2. The molecule has 2 aromatic rings. The Balaban J connectivity index is 2.37. The molecule has 2 aromatic carbocycles. The third-order valence-corrected chi connectivity index (χ3v) is 2.89. The van der Waals surface area contributed by atoms with Gasteiger partial charge >= 0.3 is 0 Å². The Hall–Kier alpha value is -1.84. The maximum atomic E-state index is 13.1. The van der Waals surface area contributed by atoms with Crippen molar-refractivity contribution >= 4 is 0 Å². The van der Waals surface area contributed by atoms with Crippen LogP contribution in [0, 0.1) is 23.3 Å². The second-order valence-electron chi connectivity index (χ2n) is 4.07. The fraction of sp³-hybridized carbons (Fsp3) is 0.143. The van der Waals surface area contributed by atoms with E-state index < -0.39 is 23.3 Å². The van der Waals surface area contributed by atoms with Crippen molar-refractivity contribution in [3.8, 4) is 0 Å². The average Bonchev–Trinajstić information content (AvgIpc) is 2.35. The molecule has 94 valence electrons. The molecule has 0 heterocycles. The number of hydrogen-bond donors (Lipinski definition) is 0. The first-order valence-electron chi connectivity index (χ1n) is 5.39. The summed E-state index contributed by atoms with van der Waals surface area (Å²) in [5, 5.41) is 0. The fourth-order valence-corrected chi connectivity index (χ4v) is 1.76. The summed E-state index contributed by atoms with van der Waals surface area (Å²) in [4.78, 5) is 0. The maximum Gasteiger partial charge on any atom is 0.159 e. The summed E-state index contributed by atoms with van der Waals surface area (Å²) in [6.45, 7) is 1.71. The van der Waals surface area contributed by atoms with Crippen LogP contribution in [0.15, 0.2) is 36.4 Å². The summed E-state index contributed by atoms with van der Waals surface area (Å²) in [6.07, 6.45) is 0. The molecule has 0 saturated heterocycles. The molecule has 0 aliphatic heterocycles. The second kappa shape index (κ2) is 4.80. The van der Waals surface area contributed by atoms with E-state index in [-0.39, 0.29) is 5.92 Å². The SMILES string of the molecule is CC(c1ccc(F)c(F)c1)c1ccc(F)c(F)c1. The monoisotopic (exact) mass is 254 g/mol. The molecule has 4 heteroatoms. The average molecular weight is 254 g/mol. The molecule has 0 bridgehead atoms. The molecular formula is C14H10F4. The Morgan fingerprint density at radius 1 is 0.667 bits per heavy atom. The molecule has 0 N–H and O–H groups in total. The van der Waals surface area contributed by atoms with Crippen molar-refractivity contribution in [1.82, 2.24) is 0 Å². The standard InChI is InChI=1S/C14H10F4/c1-8(9-2-4-11(15)13(17)6-9)10-3-5-12(16)14(18)7-10/h2-8H,1H3. The lowest BCUT2D eigenvalue weighted by atomic mass is 9.93. The molecule has 2 rings (SSSR count). The quantitative estimate of drug-likeness (QED) is 0.697. The maximum absolute atomic E-state index is 13.1. The molecule has 0 radical (unpaired) electrons. The third kappa shape index (κ3) is 2.37. The van der Waals surface area contributed by atoms with Crippen molar-refractivity contribution in [1.29, 1.82) is 0 Å². The van der Waals surface area contributed by atoms with Gasteiger partial charge in [-0.15, -0.1) is 0 Å². The summed E-state index contributed by atoms with van der Waals surface area (Å²) in [7, 11) is 0. The van der Waals surface area contributed by atoms with Gasteiger partial charge in [-0.25, -0.2) is 17.6 Å². The minimum Gasteiger partial charge on any atom is -0.204 e. The first-order chi connectivity index (χ1) is 8.49. The van der Waals surface area contributed by atoms with Gasteiger partial charge in [-0.3, -0.25) is 0 Å². The van der Waals surface area contributed by atoms with Crippen molar-refractivity contribution < 1.29 is 17.6 Å². The molecule has 0 nitrogen and oxygen atoms in total. The van der Waals surface area contributed by atoms with Crippen molar-refractivity contribution in [2.45, 2.75) is 12.8 Å². The van der Waals surface area contributed by atoms with Gasteiger partial charge in [-0.05, 0) is 35.4 Å². The van der Waals surface area contributed by atoms with Gasteiger partial charge < -0.3 is 0 Å². The Kier molecular flexibility index (Phi) is 3.36. The van der Waals surface area contributed by atoms with E-state index in [2.05, 4.69) is 0 Å². The largest absolute Gasteiger partial charge is 0.204 e. The smallest absolute Gasteiger partial charge is 0.159 e. The van der Waals surface area contributed by atoms with Gasteiger partial charge in [0, 0.05) is 5.92 Å². The normalized spacial score (nSPS) is 11.0. The molecule has 0 atom stereocenters. The topological polar surface area (TPSA) is 0 Å². The summed E-state index contributed by atoms with van der Waals surface area (Å²) < 4.78 is 51.8. The number of hydrogen-bond acceptors (Lipinski definition) is 0. The van der Waals surface area contributed by atoms with Gasteiger partial charge in [0.15, 0.2) is 23.3 Å². The summed E-state index contributed by atoms with van der Waals surface area (Å²) >= 11 is 0. The highest BCUT2D eigenvalue weighted by Gasteiger charge is 2.13. The van der Waals surface area contributed by atoms with Crippen molar-refractivity contribution in [3.05, 3.63) is 70.8 Å². The molecule has 0 amide bonds. The van der Waals surface area contributed by atoms with Crippen LogP contribution in [0.1, 0.15) is 24.0 Å². The van der Waals surface area contributed by atoms with Crippen LogP contribution in [0.5, 0.6) is 0 Å². The van der Waals surface area contributed by atoms with E-state index in [9.17, 15) is 17.6 Å². The Bertz CT molecular complexity index is 527. The van der Waals surface area contributed by atoms with E-state index in [0.717, 1.165) is 24.3 Å². The predicted octanol–water partition coefficient (Wildman–Crippen LogP) is 4.39. The van der Waals surface area contributed by atoms with Crippen LogP contribution in [0.2, 0.25) is 0 Å². The molecule has 0 aromatic heterocycles. The fourth-order valence-electron chi connectivity index (χ4n) is 1.76. The number of rotatable bonds is 2. The van der Waals surface area contributed by atoms with Crippen LogP contribution >= 0.6 is 0 Å². The summed E-state index contributed by atoms with van der Waals surface area (Å²) in [5.74, 6) is -4.13. The Morgan fingerprint density at radius 3 is 1.39 bits per heavy atom. The number of halogens is 4. The lowest BCUT2D eigenvalue weighted by Crippen LogP contribution is -1.99. The molecule has 0 spiro atoms. The molecule has 0 unspecified atom stereocenters. The lowest BCUT2D eigenvalue weighted by molar-refractivity contribution is 0.504. The molecule has 18 heavy (non-hydrogen) atoms. The second-order valence-corrected chi connectivity index (χ2v) is 4.07. The summed E-state index contributed by atoms with van der Waals surface area (Å²) in [5.41, 5.74) is 1.000. The first kappa shape index (κ1) is 12.6. The highest BCUT2D eigenvalue weighted by Crippen LogP contribution is 2.26. The third-order valence-electron chi connectivity index (χ3n) is 2.89. The molecular weight excluding hydrogens is 244 g/mol. The predicted molar refractivity (Wildman–Crippen MR) is 60.2 cm³/mol. The zero-order chi connectivity index (χ0) is 13.3. The summed E-state index contributed by atoms with van der Waals surface area (Å²) in [6, 6.07) is 6.99. The molecule has 0 saturated carbocycles. The van der Waals surface area contributed by atoms with E-state index in [1.807, 2.05) is 0 Å². The highest BCUT2D eigenvalue weighted by molar-refractivity contribution is 5.32. The van der Waals surface area contributed by atoms with Crippen LogP contribution in [-0.4, -0.2) is 0 Å². The van der Waals surface area contributed by atoms with Crippen LogP contribution < -0.4 is 0 Å². The van der Waals surface area contributed by atoms with Crippen molar-refractivity contribution in [3.63, 3.8) is 0 Å². The Morgan fingerprint density at radius 2 is 1.06 bits per heavy atom. The zero-order valence-corrected chi connectivity index (χ0v) is 9.55. The van der Waals surface area contributed by atoms with Crippen LogP contribution in [0.4, 0.5) is 17.6 Å².